The summed E-state index contributed by atoms with van der Waals surface area (Å²) >= 11 is 6.18. The van der Waals surface area contributed by atoms with E-state index in [-0.39, 0.29) is 28.2 Å². The predicted molar refractivity (Wildman–Crippen MR) is 132 cm³/mol. The molecule has 11 nitrogen and oxygen atoms in total. The van der Waals surface area contributed by atoms with Crippen molar-refractivity contribution >= 4 is 27.5 Å². The number of aromatic nitrogens is 3. The standard InChI is InChI=1S/C23H26ClFN6O5S/c1-11-4-6-16(25)18(12(11)2)13(3)19(21-28-29-23(33)36-21)30-37(34,35)17-7-5-15(24)20(27-17)22(32)31-9-8-14(26)10-31/h4-7,13-14,19,30H,8-10,26H2,1-3H3,(H,29,33)/t13-,14?,19?/m1/s1. The number of H-pyrrole nitrogens is 1. The minimum Gasteiger partial charge on any atom is -0.391 e. The minimum atomic E-state index is -4.45. The molecule has 198 valence electrons. The van der Waals surface area contributed by atoms with Gasteiger partial charge >= 0.3 is 5.76 Å². The van der Waals surface area contributed by atoms with Crippen LogP contribution < -0.4 is 16.2 Å². The highest BCUT2D eigenvalue weighted by Gasteiger charge is 2.35. The van der Waals surface area contributed by atoms with E-state index in [9.17, 15) is 22.4 Å². The topological polar surface area (TPSA) is 164 Å². The fourth-order valence-corrected chi connectivity index (χ4v) is 5.75. The highest BCUT2D eigenvalue weighted by atomic mass is 35.5. The number of nitrogens with zero attached hydrogens (tertiary/aromatic N) is 3. The third-order valence-corrected chi connectivity index (χ3v) is 8.15. The molecule has 0 spiro atoms. The van der Waals surface area contributed by atoms with Crippen molar-refractivity contribution in [2.45, 2.75) is 50.2 Å². The number of sulfonamides is 1. The molecule has 37 heavy (non-hydrogen) atoms. The van der Waals surface area contributed by atoms with E-state index in [2.05, 4.69) is 19.9 Å². The van der Waals surface area contributed by atoms with Crippen LogP contribution in [0.25, 0.3) is 0 Å². The fourth-order valence-electron chi connectivity index (χ4n) is 4.34. The Morgan fingerprint density at radius 1 is 1.32 bits per heavy atom. The minimum absolute atomic E-state index is 0.0231. The van der Waals surface area contributed by atoms with Gasteiger partial charge in [0.1, 0.15) is 17.6 Å². The lowest BCUT2D eigenvalue weighted by molar-refractivity contribution is 0.0784. The first-order valence-corrected chi connectivity index (χ1v) is 13.3. The Balaban J connectivity index is 1.72. The Morgan fingerprint density at radius 2 is 2.05 bits per heavy atom. The van der Waals surface area contributed by atoms with Gasteiger partial charge in [-0.1, -0.05) is 24.6 Å². The van der Waals surface area contributed by atoms with Gasteiger partial charge in [-0.25, -0.2) is 27.7 Å². The summed E-state index contributed by atoms with van der Waals surface area (Å²) in [5.41, 5.74) is 7.26. The molecule has 3 heterocycles. The van der Waals surface area contributed by atoms with Crippen molar-refractivity contribution < 1.29 is 22.0 Å². The first-order chi connectivity index (χ1) is 17.4. The Labute approximate surface area is 217 Å². The quantitative estimate of drug-likeness (QED) is 0.401. The molecule has 14 heteroatoms. The molecular formula is C23H26ClFN6O5S. The van der Waals surface area contributed by atoms with E-state index >= 15 is 0 Å². The van der Waals surface area contributed by atoms with E-state index in [0.29, 0.717) is 25.1 Å². The Hall–Kier alpha value is -3.13. The van der Waals surface area contributed by atoms with Crippen LogP contribution in [0.4, 0.5) is 4.39 Å². The van der Waals surface area contributed by atoms with E-state index < -0.39 is 44.5 Å². The molecule has 1 aromatic carbocycles. The van der Waals surface area contributed by atoms with Crippen molar-refractivity contribution in [1.29, 1.82) is 0 Å². The maximum atomic E-state index is 14.9. The van der Waals surface area contributed by atoms with Gasteiger partial charge in [-0.05, 0) is 55.2 Å². The van der Waals surface area contributed by atoms with E-state index in [4.69, 9.17) is 21.8 Å². The first-order valence-electron chi connectivity index (χ1n) is 11.4. The number of carbonyl (C=O) groups is 1. The number of aromatic amines is 1. The van der Waals surface area contributed by atoms with Crippen molar-refractivity contribution in [2.24, 2.45) is 5.73 Å². The summed E-state index contributed by atoms with van der Waals surface area (Å²) in [5, 5.41) is 5.34. The summed E-state index contributed by atoms with van der Waals surface area (Å²) in [6.07, 6.45) is 0.603. The number of benzene rings is 1. The molecular weight excluding hydrogens is 527 g/mol. The second-order valence-corrected chi connectivity index (χ2v) is 11.1. The summed E-state index contributed by atoms with van der Waals surface area (Å²) in [6, 6.07) is 3.79. The van der Waals surface area contributed by atoms with Gasteiger partial charge in [-0.3, -0.25) is 4.79 Å². The van der Waals surface area contributed by atoms with Crippen LogP contribution in [-0.2, 0) is 10.0 Å². The fraction of sp³-hybridized carbons (Fsp3) is 0.391. The molecule has 3 atom stereocenters. The third-order valence-electron chi connectivity index (χ3n) is 6.50. The first kappa shape index (κ1) is 26.9. The van der Waals surface area contributed by atoms with E-state index in [1.54, 1.807) is 26.8 Å². The van der Waals surface area contributed by atoms with Crippen molar-refractivity contribution in [3.63, 3.8) is 0 Å². The van der Waals surface area contributed by atoms with E-state index in [1.807, 2.05) is 0 Å². The van der Waals surface area contributed by atoms with Crippen LogP contribution in [0.3, 0.4) is 0 Å². The van der Waals surface area contributed by atoms with Crippen LogP contribution in [0.5, 0.6) is 0 Å². The maximum Gasteiger partial charge on any atom is 0.434 e. The summed E-state index contributed by atoms with van der Waals surface area (Å²) in [6.45, 7) is 5.77. The number of aryl methyl sites for hydroxylation is 1. The molecule has 2 aromatic heterocycles. The SMILES string of the molecule is Cc1ccc(F)c([C@@H](C)C(NS(=O)(=O)c2ccc(Cl)c(C(=O)N3CCC(N)C3)n2)c2n[nH]c(=O)o2)c1C. The zero-order chi connectivity index (χ0) is 27.1. The maximum absolute atomic E-state index is 14.9. The van der Waals surface area contributed by atoms with Crippen LogP contribution in [0.15, 0.2) is 38.5 Å². The lowest BCUT2D eigenvalue weighted by Crippen LogP contribution is -2.35. The average molecular weight is 553 g/mol. The number of likely N-dealkylation sites (tertiary alicyclic amines) is 1. The molecule has 0 saturated carbocycles. The summed E-state index contributed by atoms with van der Waals surface area (Å²) < 4.78 is 49.3. The van der Waals surface area contributed by atoms with Crippen molar-refractivity contribution in [1.82, 2.24) is 24.8 Å². The second-order valence-electron chi connectivity index (χ2n) is 9.02. The largest absolute Gasteiger partial charge is 0.434 e. The molecule has 0 bridgehead atoms. The average Bonchev–Trinajstić information content (AvgIpc) is 3.48. The zero-order valence-corrected chi connectivity index (χ0v) is 21.9. The normalized spacial score (nSPS) is 17.7. The second kappa shape index (κ2) is 10.3. The molecule has 0 aliphatic carbocycles. The number of carbonyl (C=O) groups excluding carboxylic acids is 1. The number of hydrogen-bond acceptors (Lipinski definition) is 8. The number of nitrogens with two attached hydrogens (primary N) is 1. The Kier molecular flexibility index (Phi) is 7.51. The molecule has 4 rings (SSSR count). The van der Waals surface area contributed by atoms with Gasteiger partial charge in [-0.2, -0.15) is 4.72 Å². The van der Waals surface area contributed by atoms with Crippen LogP contribution >= 0.6 is 11.6 Å². The van der Waals surface area contributed by atoms with Crippen molar-refractivity contribution in [2.75, 3.05) is 13.1 Å². The highest BCUT2D eigenvalue weighted by Crippen LogP contribution is 2.35. The Bertz CT molecular complexity index is 1510. The third kappa shape index (κ3) is 5.44. The van der Waals surface area contributed by atoms with Gasteiger partial charge in [0.2, 0.25) is 5.89 Å². The predicted octanol–water partition coefficient (Wildman–Crippen LogP) is 2.16. The molecule has 1 aliphatic rings. The lowest BCUT2D eigenvalue weighted by Gasteiger charge is -2.25. The molecule has 1 saturated heterocycles. The van der Waals surface area contributed by atoms with Crippen LogP contribution in [0.2, 0.25) is 5.02 Å². The van der Waals surface area contributed by atoms with Gasteiger partial charge in [0, 0.05) is 25.0 Å². The zero-order valence-electron chi connectivity index (χ0n) is 20.3. The molecule has 2 unspecified atom stereocenters. The number of pyridine rings is 1. The van der Waals surface area contributed by atoms with Gasteiger partial charge < -0.3 is 15.1 Å². The smallest absolute Gasteiger partial charge is 0.391 e. The molecule has 3 aromatic rings. The van der Waals surface area contributed by atoms with Gasteiger partial charge in [0.15, 0.2) is 5.03 Å². The van der Waals surface area contributed by atoms with Crippen LogP contribution in [0.1, 0.15) is 58.4 Å². The number of amides is 1. The van der Waals surface area contributed by atoms with Gasteiger partial charge in [0.25, 0.3) is 15.9 Å². The van der Waals surface area contributed by atoms with Crippen molar-refractivity contribution in [3.05, 3.63) is 73.9 Å². The van der Waals surface area contributed by atoms with E-state index in [0.717, 1.165) is 11.6 Å². The highest BCUT2D eigenvalue weighted by molar-refractivity contribution is 7.89. The summed E-state index contributed by atoms with van der Waals surface area (Å²) in [7, 11) is -4.45. The van der Waals surface area contributed by atoms with Gasteiger partial charge in [-0.15, -0.1) is 5.10 Å². The lowest BCUT2D eigenvalue weighted by atomic mass is 9.88. The molecule has 1 amide bonds. The summed E-state index contributed by atoms with van der Waals surface area (Å²) in [5.74, 6) is -3.16. The van der Waals surface area contributed by atoms with Crippen LogP contribution in [0, 0.1) is 19.7 Å². The molecule has 1 aliphatic heterocycles. The number of nitrogens with one attached hydrogen (secondary N) is 2. The number of halogens is 2. The molecule has 0 radical (unpaired) electrons. The number of rotatable bonds is 7. The Morgan fingerprint density at radius 3 is 2.68 bits per heavy atom. The van der Waals surface area contributed by atoms with Crippen molar-refractivity contribution in [3.8, 4) is 0 Å². The number of hydrogen-bond donors (Lipinski definition) is 3. The van der Waals surface area contributed by atoms with Gasteiger partial charge in [0.05, 0.1) is 5.02 Å². The van der Waals surface area contributed by atoms with Crippen LogP contribution in [-0.4, -0.2) is 53.5 Å². The summed E-state index contributed by atoms with van der Waals surface area (Å²) in [4.78, 5) is 30.1. The molecule has 1 fully saturated rings. The van der Waals surface area contributed by atoms with E-state index in [1.165, 1.54) is 17.0 Å². The monoisotopic (exact) mass is 552 g/mol. The molecule has 4 N–H and O–H groups in total.